The summed E-state index contributed by atoms with van der Waals surface area (Å²) in [6.07, 6.45) is 0. The monoisotopic (exact) mass is 430 g/mol. The lowest BCUT2D eigenvalue weighted by Gasteiger charge is -2.21. The van der Waals surface area contributed by atoms with Gasteiger partial charge in [0.05, 0.1) is 16.8 Å². The number of hydrogen-bond acceptors (Lipinski definition) is 5. The van der Waals surface area contributed by atoms with E-state index < -0.39 is 23.8 Å². The van der Waals surface area contributed by atoms with Gasteiger partial charge in [-0.3, -0.25) is 19.3 Å². The van der Waals surface area contributed by atoms with Crippen LogP contribution in [-0.4, -0.2) is 38.6 Å². The molecule has 8 heteroatoms. The third kappa shape index (κ3) is 3.03. The molecule has 0 radical (unpaired) electrons. The molecule has 1 aliphatic rings. The topological polar surface area (TPSA) is 95.2 Å². The van der Waals surface area contributed by atoms with Crippen LogP contribution in [0.3, 0.4) is 0 Å². The zero-order valence-electron chi connectivity index (χ0n) is 16.8. The summed E-state index contributed by atoms with van der Waals surface area (Å²) in [6, 6.07) is 13.6. The van der Waals surface area contributed by atoms with E-state index in [0.717, 1.165) is 32.8 Å². The summed E-state index contributed by atoms with van der Waals surface area (Å²) < 4.78 is 0. The minimum Gasteiger partial charge on any atom is -0.358 e. The standard InChI is InChI=1S/C23H18N4O3S/c1-12-19(16-9-5-6-10-17(16)24-12)18-11-31-23(25-18)26-20(28)13(2)27-21(29)14-7-3-4-8-15(14)22(27)30/h3-11,13,24H,1-2H3,(H,25,26,28). The van der Waals surface area contributed by atoms with Crippen LogP contribution in [0, 0.1) is 6.92 Å². The van der Waals surface area contributed by atoms with Crippen molar-refractivity contribution >= 4 is 45.1 Å². The van der Waals surface area contributed by atoms with E-state index in [2.05, 4.69) is 15.3 Å². The van der Waals surface area contributed by atoms with Gasteiger partial charge in [0.1, 0.15) is 6.04 Å². The van der Waals surface area contributed by atoms with Crippen molar-refractivity contribution in [1.29, 1.82) is 0 Å². The van der Waals surface area contributed by atoms with Crippen LogP contribution in [0.5, 0.6) is 0 Å². The fraction of sp³-hybridized carbons (Fsp3) is 0.130. The van der Waals surface area contributed by atoms with Gasteiger partial charge in [-0.15, -0.1) is 11.3 Å². The number of aromatic nitrogens is 2. The van der Waals surface area contributed by atoms with Crippen LogP contribution in [0.4, 0.5) is 5.13 Å². The number of nitrogens with one attached hydrogen (secondary N) is 2. The number of hydrogen-bond donors (Lipinski definition) is 2. The Morgan fingerprint density at radius 2 is 1.71 bits per heavy atom. The number of amides is 3. The highest BCUT2D eigenvalue weighted by Crippen LogP contribution is 2.34. The molecule has 1 aliphatic heterocycles. The zero-order chi connectivity index (χ0) is 21.7. The van der Waals surface area contributed by atoms with E-state index in [9.17, 15) is 14.4 Å². The van der Waals surface area contributed by atoms with E-state index in [-0.39, 0.29) is 0 Å². The van der Waals surface area contributed by atoms with Crippen LogP contribution in [0.25, 0.3) is 22.2 Å². The molecule has 7 nitrogen and oxygen atoms in total. The maximum atomic E-state index is 12.8. The Morgan fingerprint density at radius 1 is 1.06 bits per heavy atom. The maximum absolute atomic E-state index is 12.8. The summed E-state index contributed by atoms with van der Waals surface area (Å²) in [6.45, 7) is 3.52. The van der Waals surface area contributed by atoms with Gasteiger partial charge in [-0.25, -0.2) is 4.98 Å². The number of benzene rings is 2. The second kappa shape index (κ2) is 7.17. The zero-order valence-corrected chi connectivity index (χ0v) is 17.6. The molecule has 2 N–H and O–H groups in total. The molecule has 0 saturated heterocycles. The van der Waals surface area contributed by atoms with Gasteiger partial charge in [-0.05, 0) is 32.0 Å². The minimum absolute atomic E-state index is 0.318. The average Bonchev–Trinajstić information content (AvgIpc) is 3.42. The Morgan fingerprint density at radius 3 is 2.42 bits per heavy atom. The quantitative estimate of drug-likeness (QED) is 0.474. The molecule has 0 aliphatic carbocycles. The van der Waals surface area contributed by atoms with E-state index in [1.54, 1.807) is 24.3 Å². The van der Waals surface area contributed by atoms with Crippen LogP contribution in [0.15, 0.2) is 53.9 Å². The number of carbonyl (C=O) groups excluding carboxylic acids is 3. The number of para-hydroxylation sites is 1. The molecule has 2 aromatic carbocycles. The van der Waals surface area contributed by atoms with Gasteiger partial charge in [0.25, 0.3) is 11.8 Å². The van der Waals surface area contributed by atoms with Gasteiger partial charge >= 0.3 is 0 Å². The highest BCUT2D eigenvalue weighted by atomic mass is 32.1. The number of nitrogens with zero attached hydrogens (tertiary/aromatic N) is 2. The van der Waals surface area contributed by atoms with Crippen LogP contribution < -0.4 is 5.32 Å². The van der Waals surface area contributed by atoms with Crippen molar-refractivity contribution in [3.05, 3.63) is 70.7 Å². The Balaban J connectivity index is 1.37. The SMILES string of the molecule is Cc1[nH]c2ccccc2c1-c1csc(NC(=O)C(C)N2C(=O)c3ccccc3C2=O)n1. The highest BCUT2D eigenvalue weighted by Gasteiger charge is 2.40. The number of carbonyl (C=O) groups is 3. The van der Waals surface area contributed by atoms with Crippen LogP contribution >= 0.6 is 11.3 Å². The van der Waals surface area contributed by atoms with E-state index >= 15 is 0 Å². The fourth-order valence-electron chi connectivity index (χ4n) is 3.94. The van der Waals surface area contributed by atoms with Crippen LogP contribution in [-0.2, 0) is 4.79 Å². The smallest absolute Gasteiger partial charge is 0.262 e. The predicted octanol–water partition coefficient (Wildman–Crippen LogP) is 4.22. The first-order valence-corrected chi connectivity index (χ1v) is 10.6. The van der Waals surface area contributed by atoms with Gasteiger partial charge in [0.2, 0.25) is 5.91 Å². The molecule has 2 aromatic heterocycles. The largest absolute Gasteiger partial charge is 0.358 e. The van der Waals surface area contributed by atoms with E-state index in [4.69, 9.17) is 0 Å². The molecule has 5 rings (SSSR count). The number of aromatic amines is 1. The number of thiazole rings is 1. The molecule has 0 saturated carbocycles. The second-order valence-corrected chi connectivity index (χ2v) is 8.26. The summed E-state index contributed by atoms with van der Waals surface area (Å²) in [5.41, 5.74) is 4.39. The molecule has 3 heterocycles. The normalized spacial score (nSPS) is 14.2. The third-order valence-electron chi connectivity index (χ3n) is 5.48. The van der Waals surface area contributed by atoms with Crippen molar-refractivity contribution in [2.24, 2.45) is 0 Å². The van der Waals surface area contributed by atoms with Crippen LogP contribution in [0.1, 0.15) is 33.3 Å². The summed E-state index contributed by atoms with van der Waals surface area (Å²) in [4.78, 5) is 47.0. The maximum Gasteiger partial charge on any atom is 0.262 e. The van der Waals surface area contributed by atoms with Crippen molar-refractivity contribution in [1.82, 2.24) is 14.9 Å². The lowest BCUT2D eigenvalue weighted by molar-refractivity contribution is -0.119. The molecule has 3 amide bonds. The summed E-state index contributed by atoms with van der Waals surface area (Å²) in [7, 11) is 0. The Labute approximate surface area is 181 Å². The number of aryl methyl sites for hydroxylation is 1. The minimum atomic E-state index is -0.963. The molecule has 154 valence electrons. The van der Waals surface area contributed by atoms with Crippen molar-refractivity contribution in [2.45, 2.75) is 19.9 Å². The van der Waals surface area contributed by atoms with Crippen LogP contribution in [0.2, 0.25) is 0 Å². The highest BCUT2D eigenvalue weighted by molar-refractivity contribution is 7.14. The van der Waals surface area contributed by atoms with Crippen molar-refractivity contribution in [3.63, 3.8) is 0 Å². The first-order chi connectivity index (χ1) is 15.0. The predicted molar refractivity (Wildman–Crippen MR) is 119 cm³/mol. The Kier molecular flexibility index (Phi) is 4.44. The Bertz CT molecular complexity index is 1340. The van der Waals surface area contributed by atoms with Crippen molar-refractivity contribution in [3.8, 4) is 11.3 Å². The first kappa shape index (κ1) is 19.2. The summed E-state index contributed by atoms with van der Waals surface area (Å²) in [5, 5.41) is 6.10. The molecular weight excluding hydrogens is 412 g/mol. The van der Waals surface area contributed by atoms with Gasteiger partial charge in [-0.1, -0.05) is 30.3 Å². The van der Waals surface area contributed by atoms with Gasteiger partial charge in [0, 0.05) is 27.5 Å². The van der Waals surface area contributed by atoms with E-state index in [1.807, 2.05) is 36.6 Å². The Hall–Kier alpha value is -3.78. The van der Waals surface area contributed by atoms with Gasteiger partial charge in [0.15, 0.2) is 5.13 Å². The molecule has 1 atom stereocenters. The van der Waals surface area contributed by atoms with Gasteiger partial charge < -0.3 is 10.3 Å². The van der Waals surface area contributed by atoms with E-state index in [1.165, 1.54) is 18.3 Å². The van der Waals surface area contributed by atoms with Crippen molar-refractivity contribution < 1.29 is 14.4 Å². The molecule has 4 aromatic rings. The summed E-state index contributed by atoms with van der Waals surface area (Å²) >= 11 is 1.30. The molecular formula is C23H18N4O3S. The lowest BCUT2D eigenvalue weighted by atomic mass is 10.1. The number of imide groups is 1. The molecule has 31 heavy (non-hydrogen) atoms. The first-order valence-electron chi connectivity index (χ1n) is 9.76. The van der Waals surface area contributed by atoms with Gasteiger partial charge in [-0.2, -0.15) is 0 Å². The third-order valence-corrected chi connectivity index (χ3v) is 6.23. The molecule has 0 fully saturated rings. The fourth-order valence-corrected chi connectivity index (χ4v) is 4.64. The number of anilines is 1. The number of rotatable bonds is 4. The molecule has 0 bridgehead atoms. The average molecular weight is 430 g/mol. The van der Waals surface area contributed by atoms with E-state index in [0.29, 0.717) is 16.3 Å². The lowest BCUT2D eigenvalue weighted by Crippen LogP contribution is -2.45. The number of H-pyrrole nitrogens is 1. The molecule has 1 unspecified atom stereocenters. The summed E-state index contributed by atoms with van der Waals surface area (Å²) in [5.74, 6) is -1.39. The molecule has 0 spiro atoms. The van der Waals surface area contributed by atoms with Crippen molar-refractivity contribution in [2.75, 3.05) is 5.32 Å². The number of fused-ring (bicyclic) bond motifs is 2. The second-order valence-electron chi connectivity index (χ2n) is 7.40.